The average Bonchev–Trinajstić information content (AvgIpc) is 3.31. The summed E-state index contributed by atoms with van der Waals surface area (Å²) in [5.41, 5.74) is 6.00. The molecule has 0 spiro atoms. The van der Waals surface area contributed by atoms with Crippen LogP contribution in [-0.4, -0.2) is 72.5 Å². The van der Waals surface area contributed by atoms with Gasteiger partial charge in [0, 0.05) is 31.5 Å². The maximum Gasteiger partial charge on any atom is 0.394 e. The lowest BCUT2D eigenvalue weighted by molar-refractivity contribution is -0.144. The van der Waals surface area contributed by atoms with Crippen LogP contribution in [0.3, 0.4) is 0 Å². The normalized spacial score (nSPS) is 29.7. The van der Waals surface area contributed by atoms with Crippen LogP contribution in [0.1, 0.15) is 63.5 Å². The lowest BCUT2D eigenvalue weighted by Gasteiger charge is -2.49. The molecule has 5 rings (SSSR count). The van der Waals surface area contributed by atoms with E-state index in [2.05, 4.69) is 43.5 Å². The molecule has 9 nitrogen and oxygen atoms in total. The Bertz CT molecular complexity index is 1230. The first-order valence-corrected chi connectivity index (χ1v) is 14.4. The Labute approximate surface area is 218 Å². The van der Waals surface area contributed by atoms with Crippen molar-refractivity contribution < 1.29 is 31.8 Å². The summed E-state index contributed by atoms with van der Waals surface area (Å²) in [6.45, 7) is 13.5. The van der Waals surface area contributed by atoms with E-state index in [0.29, 0.717) is 22.7 Å². The van der Waals surface area contributed by atoms with E-state index in [-0.39, 0.29) is 23.9 Å². The van der Waals surface area contributed by atoms with Gasteiger partial charge in [0.1, 0.15) is 11.5 Å². The van der Waals surface area contributed by atoms with Crippen LogP contribution >= 0.6 is 0 Å². The number of Topliss-reactive ketones (excluding diaryl/α,β-unsaturated/α-hetero) is 1. The molecule has 0 amide bonds. The summed E-state index contributed by atoms with van der Waals surface area (Å²) in [5, 5.41) is 0. The Morgan fingerprint density at radius 2 is 2.00 bits per heavy atom. The topological polar surface area (TPSA) is 121 Å². The van der Waals surface area contributed by atoms with Crippen molar-refractivity contribution in [2.75, 3.05) is 26.2 Å². The Kier molecular flexibility index (Phi) is 7.79. The largest absolute Gasteiger partial charge is 0.448 e. The molecule has 4 aliphatic rings. The minimum absolute atomic E-state index is 0.125. The Morgan fingerprint density at radius 1 is 1.30 bits per heavy atom. The maximum absolute atomic E-state index is 13.4. The van der Waals surface area contributed by atoms with Gasteiger partial charge < -0.3 is 9.53 Å². The number of likely N-dealkylation sites (tertiary alicyclic amines) is 1. The first-order chi connectivity index (χ1) is 17.5. The molecule has 3 unspecified atom stereocenters. The van der Waals surface area contributed by atoms with Crippen molar-refractivity contribution in [3.63, 3.8) is 0 Å². The summed E-state index contributed by atoms with van der Waals surface area (Å²) in [6, 6.07) is 6.84. The van der Waals surface area contributed by atoms with Crippen LogP contribution in [0.15, 0.2) is 36.6 Å². The summed E-state index contributed by atoms with van der Waals surface area (Å²) < 4.78 is 38.4. The molecule has 10 heteroatoms. The zero-order chi connectivity index (χ0) is 27.1. The fourth-order valence-electron chi connectivity index (χ4n) is 7.09. The molecule has 3 heterocycles. The number of piperidine rings is 1. The van der Waals surface area contributed by atoms with E-state index >= 15 is 0 Å². The fourth-order valence-corrected chi connectivity index (χ4v) is 7.09. The number of hydrogen-bond donors (Lipinski definition) is 2. The van der Waals surface area contributed by atoms with E-state index in [9.17, 15) is 9.59 Å². The third kappa shape index (κ3) is 4.93. The van der Waals surface area contributed by atoms with Crippen molar-refractivity contribution in [3.05, 3.63) is 47.7 Å². The second kappa shape index (κ2) is 10.4. The minimum atomic E-state index is -4.67. The van der Waals surface area contributed by atoms with E-state index in [1.165, 1.54) is 16.8 Å². The molecular weight excluding hydrogens is 496 g/mol. The van der Waals surface area contributed by atoms with Crippen molar-refractivity contribution in [1.29, 1.82) is 0 Å². The summed E-state index contributed by atoms with van der Waals surface area (Å²) >= 11 is 0. The SMILES string of the molecule is C=CCN1C[C@H](CCC(C)=O)CC2c3cccc4c3C3=C(C(=O)OC3[C@H]21)[N+]4(CC)CCC.O=S(=O)(O)O. The van der Waals surface area contributed by atoms with Crippen LogP contribution in [0.25, 0.3) is 5.57 Å². The predicted molar refractivity (Wildman–Crippen MR) is 141 cm³/mol. The molecule has 5 atom stereocenters. The van der Waals surface area contributed by atoms with E-state index in [1.807, 2.05) is 6.08 Å². The number of rotatable bonds is 8. The summed E-state index contributed by atoms with van der Waals surface area (Å²) in [4.78, 5) is 27.5. The quantitative estimate of drug-likeness (QED) is 0.224. The smallest absolute Gasteiger partial charge is 0.394 e. The number of fused-ring (bicyclic) bond motifs is 3. The minimum Gasteiger partial charge on any atom is -0.448 e. The summed E-state index contributed by atoms with van der Waals surface area (Å²) in [7, 11) is -4.67. The van der Waals surface area contributed by atoms with Crippen LogP contribution in [0.4, 0.5) is 5.69 Å². The number of ketones is 1. The highest BCUT2D eigenvalue weighted by atomic mass is 32.3. The third-order valence-corrected chi connectivity index (χ3v) is 8.24. The first kappa shape index (κ1) is 27.7. The second-order valence-corrected chi connectivity index (χ2v) is 11.4. The van der Waals surface area contributed by atoms with Gasteiger partial charge in [-0.15, -0.1) is 6.58 Å². The van der Waals surface area contributed by atoms with Crippen molar-refractivity contribution in [2.45, 2.75) is 64.5 Å². The molecule has 3 aliphatic heterocycles. The number of esters is 1. The molecule has 1 aliphatic carbocycles. The predicted octanol–water partition coefficient (Wildman–Crippen LogP) is 3.76. The molecule has 1 fully saturated rings. The van der Waals surface area contributed by atoms with Gasteiger partial charge in [-0.05, 0) is 44.6 Å². The molecular formula is C27H37N2O7S+. The number of likely N-dealkylation sites (N-methyl/N-ethyl adjacent to an activating group) is 1. The van der Waals surface area contributed by atoms with Gasteiger partial charge >= 0.3 is 16.4 Å². The van der Waals surface area contributed by atoms with Crippen LogP contribution < -0.4 is 4.48 Å². The van der Waals surface area contributed by atoms with Gasteiger partial charge in [-0.25, -0.2) is 4.79 Å². The number of carbonyl (C=O) groups is 2. The van der Waals surface area contributed by atoms with Gasteiger partial charge in [-0.2, -0.15) is 8.42 Å². The van der Waals surface area contributed by atoms with Crippen LogP contribution in [-0.2, 0) is 24.7 Å². The number of quaternary nitrogens is 1. The van der Waals surface area contributed by atoms with Crippen LogP contribution in [0.2, 0.25) is 0 Å². The number of benzene rings is 1. The highest BCUT2D eigenvalue weighted by molar-refractivity contribution is 7.79. The van der Waals surface area contributed by atoms with Crippen LogP contribution in [0, 0.1) is 5.92 Å². The molecule has 1 aromatic rings. The Balaban J connectivity index is 0.000000586. The standard InChI is InChI=1S/C27H35N2O3.H2O4S/c1-5-13-28-16-18(12-11-17(4)30)15-20-19-9-8-10-21-22(19)23-25(29(21,7-3)14-6-2)27(31)32-26(23)24(20)28;1-5(2,3)4/h5,8-10,18,20,24,26H,1,6-7,11-16H2,2-4H3;(H2,1,2,3,4)/q+1;/t18-,20?,24+,26?,29?;/m1./s1. The van der Waals surface area contributed by atoms with E-state index in [1.54, 1.807) is 6.92 Å². The van der Waals surface area contributed by atoms with Crippen molar-refractivity contribution in [3.8, 4) is 0 Å². The molecule has 0 radical (unpaired) electrons. The van der Waals surface area contributed by atoms with Gasteiger partial charge in [-0.3, -0.25) is 18.5 Å². The van der Waals surface area contributed by atoms with Gasteiger partial charge in [0.2, 0.25) is 5.70 Å². The number of hydrogen-bond acceptors (Lipinski definition) is 6. The van der Waals surface area contributed by atoms with Crippen molar-refractivity contribution in [1.82, 2.24) is 9.38 Å². The second-order valence-electron chi connectivity index (χ2n) is 10.5. The lowest BCUT2D eigenvalue weighted by atomic mass is 9.68. The third-order valence-electron chi connectivity index (χ3n) is 8.24. The molecule has 37 heavy (non-hydrogen) atoms. The van der Waals surface area contributed by atoms with Gasteiger partial charge in [0.05, 0.1) is 30.3 Å². The lowest BCUT2D eigenvalue weighted by Crippen LogP contribution is -2.55. The van der Waals surface area contributed by atoms with Crippen LogP contribution in [0.5, 0.6) is 0 Å². The molecule has 2 N–H and O–H groups in total. The van der Waals surface area contributed by atoms with Crippen molar-refractivity contribution in [2.24, 2.45) is 5.92 Å². The molecule has 0 saturated carbocycles. The highest BCUT2D eigenvalue weighted by Crippen LogP contribution is 2.59. The summed E-state index contributed by atoms with van der Waals surface area (Å²) in [6.07, 6.45) is 5.36. The zero-order valence-electron chi connectivity index (χ0n) is 21.7. The number of nitrogens with zero attached hydrogens (tertiary/aromatic N) is 2. The number of carbonyl (C=O) groups excluding carboxylic acids is 2. The fraction of sp³-hybridized carbons (Fsp3) is 0.556. The van der Waals surface area contributed by atoms with E-state index in [0.717, 1.165) is 56.7 Å². The molecule has 1 aromatic carbocycles. The monoisotopic (exact) mass is 533 g/mol. The van der Waals surface area contributed by atoms with E-state index < -0.39 is 10.4 Å². The van der Waals surface area contributed by atoms with Gasteiger partial charge in [0.15, 0.2) is 6.10 Å². The highest BCUT2D eigenvalue weighted by Gasteiger charge is 2.62. The molecule has 202 valence electrons. The van der Waals surface area contributed by atoms with Gasteiger partial charge in [-0.1, -0.05) is 25.1 Å². The Morgan fingerprint density at radius 3 is 2.59 bits per heavy atom. The average molecular weight is 534 g/mol. The first-order valence-electron chi connectivity index (χ1n) is 13.0. The maximum atomic E-state index is 13.4. The Hall–Kier alpha value is -2.37. The molecule has 0 aromatic heterocycles. The van der Waals surface area contributed by atoms with Gasteiger partial charge in [0.25, 0.3) is 0 Å². The molecule has 0 bridgehead atoms. The zero-order valence-corrected chi connectivity index (χ0v) is 22.5. The summed E-state index contributed by atoms with van der Waals surface area (Å²) in [5.74, 6) is 0.895. The molecule has 1 saturated heterocycles. The van der Waals surface area contributed by atoms with Crippen molar-refractivity contribution >= 4 is 33.4 Å². The number of ether oxygens (including phenoxy) is 1. The van der Waals surface area contributed by atoms with E-state index in [4.69, 9.17) is 22.3 Å².